The lowest BCUT2D eigenvalue weighted by molar-refractivity contribution is -0.149. The van der Waals surface area contributed by atoms with Crippen LogP contribution in [0, 0.1) is 13.8 Å². The molecular formula is C18H17Cl2NO4. The summed E-state index contributed by atoms with van der Waals surface area (Å²) in [5, 5.41) is 3.77. The topological polar surface area (TPSA) is 64.6 Å². The summed E-state index contributed by atoms with van der Waals surface area (Å²) in [5.41, 5.74) is 2.11. The third kappa shape index (κ3) is 5.66. The molecule has 0 bridgehead atoms. The van der Waals surface area contributed by atoms with Gasteiger partial charge in [-0.3, -0.25) is 4.79 Å². The van der Waals surface area contributed by atoms with Crippen LogP contribution in [-0.4, -0.2) is 25.1 Å². The number of aryl methyl sites for hydroxylation is 1. The second-order valence-corrected chi connectivity index (χ2v) is 6.16. The first-order valence-corrected chi connectivity index (χ1v) is 8.22. The second-order valence-electron chi connectivity index (χ2n) is 5.32. The molecule has 0 heterocycles. The summed E-state index contributed by atoms with van der Waals surface area (Å²) in [6, 6.07) is 10.2. The van der Waals surface area contributed by atoms with Gasteiger partial charge in [0.15, 0.2) is 13.2 Å². The van der Waals surface area contributed by atoms with Crippen LogP contribution in [0.4, 0.5) is 5.69 Å². The SMILES string of the molecule is Cc1cc(Cl)ccc1OCC(=O)OCC(=O)Nc1cccc(Cl)c1C. The molecule has 0 aliphatic carbocycles. The molecule has 25 heavy (non-hydrogen) atoms. The fourth-order valence-corrected chi connectivity index (χ4v) is 2.43. The molecule has 1 N–H and O–H groups in total. The predicted octanol–water partition coefficient (Wildman–Crippen LogP) is 4.17. The van der Waals surface area contributed by atoms with Crippen molar-refractivity contribution in [3.8, 4) is 5.75 Å². The van der Waals surface area contributed by atoms with Crippen LogP contribution in [-0.2, 0) is 14.3 Å². The number of halogens is 2. The zero-order valence-electron chi connectivity index (χ0n) is 13.8. The molecular weight excluding hydrogens is 365 g/mol. The first-order chi connectivity index (χ1) is 11.9. The minimum absolute atomic E-state index is 0.300. The Balaban J connectivity index is 1.79. The van der Waals surface area contributed by atoms with Crippen LogP contribution in [0.3, 0.4) is 0 Å². The highest BCUT2D eigenvalue weighted by Crippen LogP contribution is 2.23. The van der Waals surface area contributed by atoms with Gasteiger partial charge < -0.3 is 14.8 Å². The lowest BCUT2D eigenvalue weighted by Gasteiger charge is -2.11. The van der Waals surface area contributed by atoms with E-state index in [2.05, 4.69) is 5.32 Å². The Labute approximate surface area is 155 Å². The number of hydrogen-bond acceptors (Lipinski definition) is 4. The Hall–Kier alpha value is -2.24. The molecule has 0 radical (unpaired) electrons. The normalized spacial score (nSPS) is 10.2. The van der Waals surface area contributed by atoms with Gasteiger partial charge >= 0.3 is 5.97 Å². The van der Waals surface area contributed by atoms with E-state index in [4.69, 9.17) is 32.7 Å². The number of carbonyl (C=O) groups is 2. The highest BCUT2D eigenvalue weighted by molar-refractivity contribution is 6.31. The minimum atomic E-state index is -0.646. The van der Waals surface area contributed by atoms with Crippen LogP contribution in [0.1, 0.15) is 11.1 Å². The molecule has 1 amide bonds. The lowest BCUT2D eigenvalue weighted by Crippen LogP contribution is -2.24. The molecule has 0 aliphatic heterocycles. The van der Waals surface area contributed by atoms with E-state index >= 15 is 0 Å². The van der Waals surface area contributed by atoms with Crippen molar-refractivity contribution in [3.63, 3.8) is 0 Å². The quantitative estimate of drug-likeness (QED) is 0.762. The maximum atomic E-state index is 11.9. The van der Waals surface area contributed by atoms with Crippen molar-refractivity contribution in [2.75, 3.05) is 18.5 Å². The highest BCUT2D eigenvalue weighted by atomic mass is 35.5. The van der Waals surface area contributed by atoms with E-state index in [9.17, 15) is 9.59 Å². The van der Waals surface area contributed by atoms with Gasteiger partial charge in [0.2, 0.25) is 0 Å². The zero-order chi connectivity index (χ0) is 18.4. The zero-order valence-corrected chi connectivity index (χ0v) is 15.3. The summed E-state index contributed by atoms with van der Waals surface area (Å²) in [6.45, 7) is 2.89. The van der Waals surface area contributed by atoms with E-state index in [0.29, 0.717) is 21.5 Å². The molecule has 0 atom stereocenters. The summed E-state index contributed by atoms with van der Waals surface area (Å²) >= 11 is 11.8. The van der Waals surface area contributed by atoms with Gasteiger partial charge in [0.05, 0.1) is 0 Å². The van der Waals surface area contributed by atoms with Crippen LogP contribution in [0.25, 0.3) is 0 Å². The Bertz CT molecular complexity index is 793. The summed E-state index contributed by atoms with van der Waals surface area (Å²) < 4.78 is 10.3. The number of carbonyl (C=O) groups excluding carboxylic acids is 2. The van der Waals surface area contributed by atoms with E-state index in [0.717, 1.165) is 11.1 Å². The Kier molecular flexibility index (Phi) is 6.67. The highest BCUT2D eigenvalue weighted by Gasteiger charge is 2.11. The van der Waals surface area contributed by atoms with Crippen molar-refractivity contribution in [2.45, 2.75) is 13.8 Å². The average molecular weight is 382 g/mol. The molecule has 2 rings (SSSR count). The van der Waals surface area contributed by atoms with Crippen LogP contribution < -0.4 is 10.1 Å². The average Bonchev–Trinajstić information content (AvgIpc) is 2.56. The molecule has 7 heteroatoms. The van der Waals surface area contributed by atoms with Gasteiger partial charge in [-0.05, 0) is 55.3 Å². The van der Waals surface area contributed by atoms with Crippen molar-refractivity contribution in [1.29, 1.82) is 0 Å². The molecule has 2 aromatic carbocycles. The second kappa shape index (κ2) is 8.74. The van der Waals surface area contributed by atoms with E-state index < -0.39 is 18.5 Å². The predicted molar refractivity (Wildman–Crippen MR) is 97.5 cm³/mol. The van der Waals surface area contributed by atoms with Gasteiger partial charge in [0.25, 0.3) is 5.91 Å². The maximum Gasteiger partial charge on any atom is 0.344 e. The van der Waals surface area contributed by atoms with Crippen LogP contribution >= 0.6 is 23.2 Å². The Morgan fingerprint density at radius 1 is 1.08 bits per heavy atom. The van der Waals surface area contributed by atoms with Gasteiger partial charge in [0.1, 0.15) is 5.75 Å². The Morgan fingerprint density at radius 3 is 2.56 bits per heavy atom. The monoisotopic (exact) mass is 381 g/mol. The van der Waals surface area contributed by atoms with Crippen LogP contribution in [0.2, 0.25) is 10.0 Å². The number of benzene rings is 2. The molecule has 0 aliphatic rings. The Morgan fingerprint density at radius 2 is 1.84 bits per heavy atom. The number of amides is 1. The first kappa shape index (κ1) is 19.1. The van der Waals surface area contributed by atoms with Crippen molar-refractivity contribution in [2.24, 2.45) is 0 Å². The van der Waals surface area contributed by atoms with Crippen LogP contribution in [0.15, 0.2) is 36.4 Å². The van der Waals surface area contributed by atoms with E-state index in [-0.39, 0.29) is 6.61 Å². The van der Waals surface area contributed by atoms with Gasteiger partial charge in [0, 0.05) is 15.7 Å². The molecule has 0 saturated carbocycles. The summed E-state index contributed by atoms with van der Waals surface area (Å²) in [4.78, 5) is 23.6. The standard InChI is InChI=1S/C18H17Cl2NO4/c1-11-8-13(19)6-7-16(11)24-10-18(23)25-9-17(22)21-15-5-3-4-14(20)12(15)2/h3-8H,9-10H2,1-2H3,(H,21,22). The molecule has 0 fully saturated rings. The smallest absolute Gasteiger partial charge is 0.344 e. The van der Waals surface area contributed by atoms with Crippen molar-refractivity contribution in [3.05, 3.63) is 57.6 Å². The molecule has 0 saturated heterocycles. The first-order valence-electron chi connectivity index (χ1n) is 7.46. The van der Waals surface area contributed by atoms with Crippen molar-refractivity contribution < 1.29 is 19.1 Å². The third-order valence-corrected chi connectivity index (χ3v) is 4.03. The summed E-state index contributed by atoms with van der Waals surface area (Å²) in [5.74, 6) is -0.575. The number of ether oxygens (including phenoxy) is 2. The summed E-state index contributed by atoms with van der Waals surface area (Å²) in [6.07, 6.45) is 0. The molecule has 2 aromatic rings. The van der Waals surface area contributed by atoms with Crippen molar-refractivity contribution in [1.82, 2.24) is 0 Å². The third-order valence-electron chi connectivity index (χ3n) is 3.39. The number of esters is 1. The number of hydrogen-bond donors (Lipinski definition) is 1. The van der Waals surface area contributed by atoms with Gasteiger partial charge in [-0.2, -0.15) is 0 Å². The molecule has 0 spiro atoms. The maximum absolute atomic E-state index is 11.9. The van der Waals surface area contributed by atoms with Crippen molar-refractivity contribution >= 4 is 40.8 Å². The van der Waals surface area contributed by atoms with E-state index in [1.165, 1.54) is 0 Å². The lowest BCUT2D eigenvalue weighted by atomic mass is 10.2. The largest absolute Gasteiger partial charge is 0.482 e. The fourth-order valence-electron chi connectivity index (χ4n) is 2.03. The van der Waals surface area contributed by atoms with E-state index in [1.54, 1.807) is 43.3 Å². The molecule has 0 aromatic heterocycles. The molecule has 132 valence electrons. The fraction of sp³-hybridized carbons (Fsp3) is 0.222. The molecule has 5 nitrogen and oxygen atoms in total. The van der Waals surface area contributed by atoms with Gasteiger partial charge in [-0.15, -0.1) is 0 Å². The van der Waals surface area contributed by atoms with Crippen LogP contribution in [0.5, 0.6) is 5.75 Å². The summed E-state index contributed by atoms with van der Waals surface area (Å²) in [7, 11) is 0. The van der Waals surface area contributed by atoms with Gasteiger partial charge in [-0.1, -0.05) is 29.3 Å². The number of rotatable bonds is 6. The molecule has 0 unspecified atom stereocenters. The minimum Gasteiger partial charge on any atom is -0.482 e. The number of nitrogens with one attached hydrogen (secondary N) is 1. The van der Waals surface area contributed by atoms with E-state index in [1.807, 2.05) is 6.92 Å². The number of anilines is 1. The van der Waals surface area contributed by atoms with Gasteiger partial charge in [-0.25, -0.2) is 4.79 Å².